The van der Waals surface area contributed by atoms with Gasteiger partial charge >= 0.3 is 0 Å². The monoisotopic (exact) mass is 278 g/mol. The van der Waals surface area contributed by atoms with Gasteiger partial charge in [0.1, 0.15) is 0 Å². The minimum absolute atomic E-state index is 0.0803. The summed E-state index contributed by atoms with van der Waals surface area (Å²) >= 11 is 0. The van der Waals surface area contributed by atoms with Gasteiger partial charge in [0.15, 0.2) is 5.78 Å². The second-order valence-electron chi connectivity index (χ2n) is 4.67. The number of nitrogens with zero attached hydrogens (tertiary/aromatic N) is 3. The summed E-state index contributed by atoms with van der Waals surface area (Å²) in [7, 11) is 1.78. The van der Waals surface area contributed by atoms with Gasteiger partial charge in [-0.1, -0.05) is 30.3 Å². The fourth-order valence-corrected chi connectivity index (χ4v) is 2.07. The van der Waals surface area contributed by atoms with Gasteiger partial charge in [0, 0.05) is 24.4 Å². The maximum absolute atomic E-state index is 12.0. The van der Waals surface area contributed by atoms with Gasteiger partial charge in [0.2, 0.25) is 0 Å². The van der Waals surface area contributed by atoms with Crippen LogP contribution in [0.15, 0.2) is 55.0 Å². The third-order valence-corrected chi connectivity index (χ3v) is 3.13. The first kappa shape index (κ1) is 13.1. The SMILES string of the molecule is Cn1cc(C(=O)/C=C/c2cn[nH]c2-c2ccccc2)cn1. The summed E-state index contributed by atoms with van der Waals surface area (Å²) in [4.78, 5) is 12.0. The number of nitrogens with one attached hydrogen (secondary N) is 1. The first-order valence-electron chi connectivity index (χ1n) is 6.54. The van der Waals surface area contributed by atoms with Crippen LogP contribution < -0.4 is 0 Å². The lowest BCUT2D eigenvalue weighted by Gasteiger charge is -1.98. The maximum atomic E-state index is 12.0. The minimum atomic E-state index is -0.0803. The van der Waals surface area contributed by atoms with E-state index in [1.165, 1.54) is 6.08 Å². The van der Waals surface area contributed by atoms with Gasteiger partial charge in [0.25, 0.3) is 0 Å². The Balaban J connectivity index is 1.85. The van der Waals surface area contributed by atoms with E-state index in [-0.39, 0.29) is 5.78 Å². The van der Waals surface area contributed by atoms with Crippen molar-refractivity contribution in [3.63, 3.8) is 0 Å². The van der Waals surface area contributed by atoms with Gasteiger partial charge < -0.3 is 0 Å². The molecule has 0 atom stereocenters. The number of carbonyl (C=O) groups excluding carboxylic acids is 1. The van der Waals surface area contributed by atoms with E-state index >= 15 is 0 Å². The zero-order valence-corrected chi connectivity index (χ0v) is 11.5. The van der Waals surface area contributed by atoms with E-state index in [0.29, 0.717) is 5.56 Å². The lowest BCUT2D eigenvalue weighted by Crippen LogP contribution is -1.92. The summed E-state index contributed by atoms with van der Waals surface area (Å²) in [6.45, 7) is 0. The Labute approximate surface area is 121 Å². The molecule has 3 aromatic rings. The molecule has 104 valence electrons. The molecule has 0 saturated carbocycles. The van der Waals surface area contributed by atoms with E-state index in [0.717, 1.165) is 16.8 Å². The molecule has 5 nitrogen and oxygen atoms in total. The molecule has 1 N–H and O–H groups in total. The molecule has 0 bridgehead atoms. The van der Waals surface area contributed by atoms with Crippen molar-refractivity contribution in [2.45, 2.75) is 0 Å². The van der Waals surface area contributed by atoms with Crippen LogP contribution in [0, 0.1) is 0 Å². The number of H-pyrrole nitrogens is 1. The molecule has 0 radical (unpaired) electrons. The molecule has 0 aliphatic rings. The second-order valence-corrected chi connectivity index (χ2v) is 4.67. The van der Waals surface area contributed by atoms with Gasteiger partial charge in [-0.05, 0) is 12.2 Å². The minimum Gasteiger partial charge on any atom is -0.289 e. The summed E-state index contributed by atoms with van der Waals surface area (Å²) < 4.78 is 1.61. The normalized spacial score (nSPS) is 11.1. The van der Waals surface area contributed by atoms with Crippen molar-refractivity contribution in [1.82, 2.24) is 20.0 Å². The number of aryl methyl sites for hydroxylation is 1. The van der Waals surface area contributed by atoms with Crippen molar-refractivity contribution < 1.29 is 4.79 Å². The van der Waals surface area contributed by atoms with Crippen LogP contribution in [-0.2, 0) is 7.05 Å². The first-order chi connectivity index (χ1) is 10.2. The average Bonchev–Trinajstić information content (AvgIpc) is 3.14. The fourth-order valence-electron chi connectivity index (χ4n) is 2.07. The van der Waals surface area contributed by atoms with Crippen LogP contribution in [0.2, 0.25) is 0 Å². The molecule has 2 heterocycles. The second kappa shape index (κ2) is 5.58. The third-order valence-electron chi connectivity index (χ3n) is 3.13. The largest absolute Gasteiger partial charge is 0.289 e. The van der Waals surface area contributed by atoms with Crippen LogP contribution in [-0.4, -0.2) is 25.8 Å². The number of carbonyl (C=O) groups is 1. The third kappa shape index (κ3) is 2.81. The zero-order valence-electron chi connectivity index (χ0n) is 11.5. The summed E-state index contributed by atoms with van der Waals surface area (Å²) in [5.41, 5.74) is 3.37. The quantitative estimate of drug-likeness (QED) is 0.589. The maximum Gasteiger partial charge on any atom is 0.189 e. The number of aromatic nitrogens is 4. The Hall–Kier alpha value is -2.95. The highest BCUT2D eigenvalue weighted by atomic mass is 16.1. The Morgan fingerprint density at radius 2 is 2.05 bits per heavy atom. The van der Waals surface area contributed by atoms with Gasteiger partial charge in [-0.2, -0.15) is 10.2 Å². The highest BCUT2D eigenvalue weighted by Crippen LogP contribution is 2.21. The van der Waals surface area contributed by atoms with Crippen LogP contribution in [0.5, 0.6) is 0 Å². The molecular formula is C16H14N4O. The molecule has 1 aromatic carbocycles. The zero-order chi connectivity index (χ0) is 14.7. The molecule has 0 aliphatic carbocycles. The molecule has 0 fully saturated rings. The molecule has 0 spiro atoms. The standard InChI is InChI=1S/C16H14N4O/c1-20-11-14(10-18-20)15(21)8-7-13-9-17-19-16(13)12-5-3-2-4-6-12/h2-11H,1H3,(H,17,19)/b8-7+. The van der Waals surface area contributed by atoms with E-state index < -0.39 is 0 Å². The number of hydrogen-bond donors (Lipinski definition) is 1. The van der Waals surface area contributed by atoms with Crippen molar-refractivity contribution in [2.24, 2.45) is 7.05 Å². The van der Waals surface area contributed by atoms with Gasteiger partial charge in [-0.3, -0.25) is 14.6 Å². The molecule has 3 rings (SSSR count). The average molecular weight is 278 g/mol. The Bertz CT molecular complexity index is 783. The number of ketones is 1. The summed E-state index contributed by atoms with van der Waals surface area (Å²) in [6, 6.07) is 9.87. The lowest BCUT2D eigenvalue weighted by molar-refractivity contribution is 0.104. The number of aromatic amines is 1. The van der Waals surface area contributed by atoms with Crippen LogP contribution in [0.25, 0.3) is 17.3 Å². The molecule has 0 unspecified atom stereocenters. The van der Waals surface area contributed by atoms with E-state index in [4.69, 9.17) is 0 Å². The Kier molecular flexibility index (Phi) is 3.47. The van der Waals surface area contributed by atoms with Gasteiger partial charge in [0.05, 0.1) is 23.7 Å². The van der Waals surface area contributed by atoms with Crippen molar-refractivity contribution >= 4 is 11.9 Å². The first-order valence-corrected chi connectivity index (χ1v) is 6.54. The van der Waals surface area contributed by atoms with E-state index in [1.807, 2.05) is 30.3 Å². The molecular weight excluding hydrogens is 264 g/mol. The summed E-state index contributed by atoms with van der Waals surface area (Å²) in [6.07, 6.45) is 8.26. The Morgan fingerprint density at radius 1 is 1.24 bits per heavy atom. The number of rotatable bonds is 4. The molecule has 0 aliphatic heterocycles. The van der Waals surface area contributed by atoms with Crippen molar-refractivity contribution in [1.29, 1.82) is 0 Å². The Morgan fingerprint density at radius 3 is 2.76 bits per heavy atom. The molecule has 0 saturated heterocycles. The fraction of sp³-hybridized carbons (Fsp3) is 0.0625. The van der Waals surface area contributed by atoms with E-state index in [9.17, 15) is 4.79 Å². The molecule has 2 aromatic heterocycles. The molecule has 21 heavy (non-hydrogen) atoms. The van der Waals surface area contributed by atoms with Crippen molar-refractivity contribution in [3.05, 3.63) is 66.1 Å². The summed E-state index contributed by atoms with van der Waals surface area (Å²) in [5.74, 6) is -0.0803. The van der Waals surface area contributed by atoms with Gasteiger partial charge in [-0.25, -0.2) is 0 Å². The number of benzene rings is 1. The molecule has 5 heteroatoms. The van der Waals surface area contributed by atoms with Crippen molar-refractivity contribution in [3.8, 4) is 11.3 Å². The van der Waals surface area contributed by atoms with Crippen LogP contribution in [0.4, 0.5) is 0 Å². The predicted octanol–water partition coefficient (Wildman–Crippen LogP) is 2.71. The smallest absolute Gasteiger partial charge is 0.189 e. The lowest BCUT2D eigenvalue weighted by atomic mass is 10.1. The van der Waals surface area contributed by atoms with E-state index in [2.05, 4.69) is 15.3 Å². The van der Waals surface area contributed by atoms with Crippen LogP contribution in [0.3, 0.4) is 0 Å². The number of hydrogen-bond acceptors (Lipinski definition) is 3. The molecule has 0 amide bonds. The highest BCUT2D eigenvalue weighted by Gasteiger charge is 2.07. The highest BCUT2D eigenvalue weighted by molar-refractivity contribution is 6.06. The predicted molar refractivity (Wildman–Crippen MR) is 80.6 cm³/mol. The van der Waals surface area contributed by atoms with Crippen molar-refractivity contribution in [2.75, 3.05) is 0 Å². The van der Waals surface area contributed by atoms with Gasteiger partial charge in [-0.15, -0.1) is 0 Å². The number of allylic oxidation sites excluding steroid dienone is 1. The van der Waals surface area contributed by atoms with Crippen LogP contribution in [0.1, 0.15) is 15.9 Å². The topological polar surface area (TPSA) is 63.6 Å². The summed E-state index contributed by atoms with van der Waals surface area (Å²) in [5, 5.41) is 11.0. The van der Waals surface area contributed by atoms with Crippen LogP contribution >= 0.6 is 0 Å². The van der Waals surface area contributed by atoms with E-state index in [1.54, 1.807) is 36.4 Å².